The molecular formula is C36H47N3. The van der Waals surface area contributed by atoms with Crippen molar-refractivity contribution in [1.82, 2.24) is 10.3 Å². The van der Waals surface area contributed by atoms with E-state index in [1.807, 2.05) is 0 Å². The first kappa shape index (κ1) is 28.7. The third kappa shape index (κ3) is 6.64. The van der Waals surface area contributed by atoms with Crippen LogP contribution >= 0.6 is 0 Å². The SMILES string of the molecule is C/C=C\C(=C(/CC(C)C)NC(c1cccc(-c2cccc3c2NC(C)C3)n1)c1ccccc1C(C)C)C(C)C. The van der Waals surface area contributed by atoms with Crippen molar-refractivity contribution in [2.24, 2.45) is 11.8 Å². The molecule has 2 heterocycles. The van der Waals surface area contributed by atoms with Crippen molar-refractivity contribution in [1.29, 1.82) is 0 Å². The molecule has 4 rings (SSSR count). The number of pyridine rings is 1. The monoisotopic (exact) mass is 521 g/mol. The van der Waals surface area contributed by atoms with E-state index >= 15 is 0 Å². The van der Waals surface area contributed by atoms with Crippen molar-refractivity contribution in [3.8, 4) is 11.3 Å². The molecule has 0 bridgehead atoms. The second-order valence-electron chi connectivity index (χ2n) is 12.1. The molecule has 3 nitrogen and oxygen atoms in total. The molecule has 0 saturated heterocycles. The largest absolute Gasteiger partial charge is 0.381 e. The van der Waals surface area contributed by atoms with Gasteiger partial charge in [0.15, 0.2) is 0 Å². The number of hydrogen-bond donors (Lipinski definition) is 2. The molecule has 2 unspecified atom stereocenters. The molecule has 0 spiro atoms. The molecule has 1 aliphatic heterocycles. The highest BCUT2D eigenvalue weighted by Gasteiger charge is 2.25. The molecule has 3 aromatic rings. The number of hydrogen-bond acceptors (Lipinski definition) is 3. The van der Waals surface area contributed by atoms with Crippen LogP contribution < -0.4 is 10.6 Å². The van der Waals surface area contributed by atoms with Crippen molar-refractivity contribution in [3.63, 3.8) is 0 Å². The Balaban J connectivity index is 1.89. The van der Waals surface area contributed by atoms with E-state index in [2.05, 4.69) is 139 Å². The van der Waals surface area contributed by atoms with Gasteiger partial charge >= 0.3 is 0 Å². The number of rotatable bonds is 10. The lowest BCUT2D eigenvalue weighted by Crippen LogP contribution is -2.27. The van der Waals surface area contributed by atoms with Gasteiger partial charge < -0.3 is 10.6 Å². The van der Waals surface area contributed by atoms with Crippen LogP contribution in [0.2, 0.25) is 0 Å². The molecule has 2 aromatic carbocycles. The minimum absolute atomic E-state index is 0.0556. The van der Waals surface area contributed by atoms with E-state index in [4.69, 9.17) is 4.98 Å². The summed E-state index contributed by atoms with van der Waals surface area (Å²) in [6.45, 7) is 18.1. The van der Waals surface area contributed by atoms with Crippen molar-refractivity contribution in [2.75, 3.05) is 5.32 Å². The molecular weight excluding hydrogens is 474 g/mol. The lowest BCUT2D eigenvalue weighted by molar-refractivity contribution is 0.552. The molecule has 1 aliphatic rings. The van der Waals surface area contributed by atoms with Gasteiger partial charge in [0.25, 0.3) is 0 Å². The van der Waals surface area contributed by atoms with E-state index in [0.29, 0.717) is 23.8 Å². The molecule has 0 radical (unpaired) electrons. The van der Waals surface area contributed by atoms with Crippen LogP contribution in [0.25, 0.3) is 11.3 Å². The van der Waals surface area contributed by atoms with Crippen LogP contribution in [0.1, 0.15) is 96.2 Å². The van der Waals surface area contributed by atoms with Crippen LogP contribution in [0.4, 0.5) is 5.69 Å². The minimum Gasteiger partial charge on any atom is -0.381 e. The number of fused-ring (bicyclic) bond motifs is 1. The van der Waals surface area contributed by atoms with E-state index in [1.165, 1.54) is 39.2 Å². The summed E-state index contributed by atoms with van der Waals surface area (Å²) in [4.78, 5) is 5.36. The number of para-hydroxylation sites is 1. The van der Waals surface area contributed by atoms with Crippen LogP contribution in [0.5, 0.6) is 0 Å². The summed E-state index contributed by atoms with van der Waals surface area (Å²) < 4.78 is 0. The van der Waals surface area contributed by atoms with Gasteiger partial charge in [0.05, 0.1) is 17.4 Å². The summed E-state index contributed by atoms with van der Waals surface area (Å²) in [7, 11) is 0. The Morgan fingerprint density at radius 3 is 2.33 bits per heavy atom. The van der Waals surface area contributed by atoms with Crippen LogP contribution in [0, 0.1) is 11.8 Å². The summed E-state index contributed by atoms with van der Waals surface area (Å²) in [5, 5.41) is 7.76. The average molecular weight is 522 g/mol. The van der Waals surface area contributed by atoms with E-state index in [0.717, 1.165) is 24.2 Å². The lowest BCUT2D eigenvalue weighted by Gasteiger charge is -2.28. The van der Waals surface area contributed by atoms with E-state index in [9.17, 15) is 0 Å². The standard InChI is InChI=1S/C36H47N3/c1-9-14-29(25(6)7)34(21-23(2)3)39-36(30-17-11-10-16-28(30)24(4)5)33-20-13-19-32(38-33)31-18-12-15-27-22-26(8)37-35(27)31/h9-20,23-26,36-37,39H,21-22H2,1-8H3/b14-9-,34-29-. The normalized spacial score (nSPS) is 16.5. The van der Waals surface area contributed by atoms with Gasteiger partial charge in [-0.2, -0.15) is 0 Å². The Morgan fingerprint density at radius 1 is 0.949 bits per heavy atom. The highest BCUT2D eigenvalue weighted by molar-refractivity contribution is 5.80. The maximum Gasteiger partial charge on any atom is 0.0940 e. The summed E-state index contributed by atoms with van der Waals surface area (Å²) in [5.41, 5.74) is 11.2. The highest BCUT2D eigenvalue weighted by atomic mass is 15.0. The Labute approximate surface area is 236 Å². The van der Waals surface area contributed by atoms with Crippen LogP contribution in [0.3, 0.4) is 0 Å². The zero-order chi connectivity index (χ0) is 28.1. The first-order valence-electron chi connectivity index (χ1n) is 14.8. The van der Waals surface area contributed by atoms with Crippen LogP contribution in [0.15, 0.2) is 84.1 Å². The van der Waals surface area contributed by atoms with Gasteiger partial charge in [-0.1, -0.05) is 102 Å². The van der Waals surface area contributed by atoms with Crippen molar-refractivity contribution in [2.45, 2.75) is 86.2 Å². The predicted molar refractivity (Wildman–Crippen MR) is 168 cm³/mol. The first-order chi connectivity index (χ1) is 18.7. The summed E-state index contributed by atoms with van der Waals surface area (Å²) in [5.74, 6) is 1.36. The fraction of sp³-hybridized carbons (Fsp3) is 0.417. The maximum atomic E-state index is 5.36. The van der Waals surface area contributed by atoms with Crippen molar-refractivity contribution < 1.29 is 0 Å². The highest BCUT2D eigenvalue weighted by Crippen LogP contribution is 2.37. The molecule has 2 N–H and O–H groups in total. The van der Waals surface area contributed by atoms with E-state index < -0.39 is 0 Å². The molecule has 3 heteroatoms. The second-order valence-corrected chi connectivity index (χ2v) is 12.1. The van der Waals surface area contributed by atoms with Gasteiger partial charge in [-0.05, 0) is 78.8 Å². The van der Waals surface area contributed by atoms with Gasteiger partial charge in [-0.15, -0.1) is 0 Å². The van der Waals surface area contributed by atoms with Gasteiger partial charge in [0, 0.05) is 23.0 Å². The second kappa shape index (κ2) is 12.7. The Morgan fingerprint density at radius 2 is 1.67 bits per heavy atom. The smallest absolute Gasteiger partial charge is 0.0940 e. The first-order valence-corrected chi connectivity index (χ1v) is 14.8. The lowest BCUT2D eigenvalue weighted by atomic mass is 9.89. The Kier molecular flexibility index (Phi) is 9.32. The zero-order valence-electron chi connectivity index (χ0n) is 25.2. The topological polar surface area (TPSA) is 37.0 Å². The quantitative estimate of drug-likeness (QED) is 0.261. The molecule has 1 aromatic heterocycles. The molecule has 39 heavy (non-hydrogen) atoms. The Bertz CT molecular complexity index is 1330. The molecule has 206 valence electrons. The van der Waals surface area contributed by atoms with Crippen LogP contribution in [-0.2, 0) is 6.42 Å². The molecule has 0 fully saturated rings. The fourth-order valence-electron chi connectivity index (χ4n) is 5.82. The number of benzene rings is 2. The summed E-state index contributed by atoms with van der Waals surface area (Å²) >= 11 is 0. The molecule has 0 amide bonds. The van der Waals surface area contributed by atoms with E-state index in [-0.39, 0.29) is 6.04 Å². The van der Waals surface area contributed by atoms with Crippen LogP contribution in [-0.4, -0.2) is 11.0 Å². The predicted octanol–water partition coefficient (Wildman–Crippen LogP) is 9.44. The zero-order valence-corrected chi connectivity index (χ0v) is 25.2. The number of anilines is 1. The summed E-state index contributed by atoms with van der Waals surface area (Å²) in [6.07, 6.45) is 6.50. The van der Waals surface area contributed by atoms with E-state index in [1.54, 1.807) is 0 Å². The minimum atomic E-state index is -0.0556. The fourth-order valence-corrected chi connectivity index (χ4v) is 5.82. The molecule has 2 atom stereocenters. The van der Waals surface area contributed by atoms with Gasteiger partial charge in [-0.25, -0.2) is 0 Å². The van der Waals surface area contributed by atoms with Crippen molar-refractivity contribution >= 4 is 5.69 Å². The number of allylic oxidation sites excluding steroid dienone is 4. The number of nitrogens with zero attached hydrogens (tertiary/aromatic N) is 1. The third-order valence-electron chi connectivity index (χ3n) is 7.59. The number of aromatic nitrogens is 1. The Hall–Kier alpha value is -3.33. The van der Waals surface area contributed by atoms with Gasteiger partial charge in [-0.3, -0.25) is 4.98 Å². The number of nitrogens with one attached hydrogen (secondary N) is 2. The average Bonchev–Trinajstić information content (AvgIpc) is 3.29. The van der Waals surface area contributed by atoms with Gasteiger partial charge in [0.2, 0.25) is 0 Å². The summed E-state index contributed by atoms with van der Waals surface area (Å²) in [6, 6.07) is 22.4. The maximum absolute atomic E-state index is 5.36. The van der Waals surface area contributed by atoms with Gasteiger partial charge in [0.1, 0.15) is 0 Å². The van der Waals surface area contributed by atoms with Crippen molar-refractivity contribution in [3.05, 3.63) is 106 Å². The third-order valence-corrected chi connectivity index (χ3v) is 7.59. The molecule has 0 aliphatic carbocycles. The molecule has 0 saturated carbocycles.